The number of benzene rings is 2. The Kier molecular flexibility index (Phi) is 3.64. The second-order valence-electron chi connectivity index (χ2n) is 6.60. The molecule has 7 nitrogen and oxygen atoms in total. The second-order valence-corrected chi connectivity index (χ2v) is 6.60. The molecule has 0 saturated heterocycles. The van der Waals surface area contributed by atoms with Gasteiger partial charge in [0.15, 0.2) is 5.82 Å². The number of para-hydroxylation sites is 2. The Balaban J connectivity index is 1.38. The van der Waals surface area contributed by atoms with Gasteiger partial charge in [-0.1, -0.05) is 24.3 Å². The third kappa shape index (κ3) is 3.15. The first-order chi connectivity index (χ1) is 13.3. The van der Waals surface area contributed by atoms with Gasteiger partial charge in [-0.05, 0) is 37.1 Å². The molecule has 0 unspecified atom stereocenters. The summed E-state index contributed by atoms with van der Waals surface area (Å²) in [4.78, 5) is 25.8. The molecule has 2 aromatic carbocycles. The summed E-state index contributed by atoms with van der Waals surface area (Å²) in [6.07, 6.45) is 3.81. The third-order valence-electron chi connectivity index (χ3n) is 4.53. The highest BCUT2D eigenvalue weighted by molar-refractivity contribution is 6.03. The molecule has 0 atom stereocenters. The fraction of sp³-hybridized carbons (Fsp3) is 0.150. The summed E-state index contributed by atoms with van der Waals surface area (Å²) in [5.41, 5.74) is 3.22. The lowest BCUT2D eigenvalue weighted by Gasteiger charge is -2.06. The molecule has 0 aliphatic heterocycles. The molecule has 2 N–H and O–H groups in total. The molecule has 1 aliphatic rings. The molecule has 1 saturated carbocycles. The first kappa shape index (κ1) is 15.6. The maximum atomic E-state index is 12.6. The van der Waals surface area contributed by atoms with Crippen LogP contribution in [0.5, 0.6) is 0 Å². The van der Waals surface area contributed by atoms with Crippen LogP contribution >= 0.6 is 0 Å². The van der Waals surface area contributed by atoms with Gasteiger partial charge in [-0.15, -0.1) is 0 Å². The monoisotopic (exact) mass is 356 g/mol. The van der Waals surface area contributed by atoms with Crippen LogP contribution in [0, 0.1) is 0 Å². The van der Waals surface area contributed by atoms with E-state index in [1.165, 1.54) is 6.20 Å². The Morgan fingerprint density at radius 1 is 1.04 bits per heavy atom. The number of anilines is 1. The zero-order chi connectivity index (χ0) is 18.2. The molecule has 1 aliphatic carbocycles. The highest BCUT2D eigenvalue weighted by atomic mass is 16.1. The number of aromatic nitrogens is 5. The van der Waals surface area contributed by atoms with Crippen LogP contribution in [-0.4, -0.2) is 31.1 Å². The number of amides is 1. The molecule has 27 heavy (non-hydrogen) atoms. The number of rotatable bonds is 4. The van der Waals surface area contributed by atoms with E-state index in [9.17, 15) is 4.79 Å². The van der Waals surface area contributed by atoms with E-state index in [1.54, 1.807) is 0 Å². The van der Waals surface area contributed by atoms with E-state index in [-0.39, 0.29) is 11.6 Å². The van der Waals surface area contributed by atoms with E-state index < -0.39 is 0 Å². The molecule has 1 fully saturated rings. The zero-order valence-electron chi connectivity index (χ0n) is 14.4. The Hall–Kier alpha value is -3.61. The predicted octanol–water partition coefficient (Wildman–Crippen LogP) is 3.54. The zero-order valence-corrected chi connectivity index (χ0v) is 14.4. The minimum absolute atomic E-state index is 0.271. The van der Waals surface area contributed by atoms with Crippen molar-refractivity contribution in [3.05, 3.63) is 66.2 Å². The summed E-state index contributed by atoms with van der Waals surface area (Å²) in [6, 6.07) is 14.9. The highest BCUT2D eigenvalue weighted by Crippen LogP contribution is 2.38. The van der Waals surface area contributed by atoms with Gasteiger partial charge in [-0.25, -0.2) is 9.97 Å². The topological polar surface area (TPSA) is 96.5 Å². The number of aromatic amines is 1. The van der Waals surface area contributed by atoms with Crippen molar-refractivity contribution in [2.24, 2.45) is 0 Å². The standard InChI is InChI=1S/C20H16N6O/c27-20(17-11-21-15-6-1-2-7-16(15)23-17)22-14-5-3-4-13(10-14)19-24-18(25-26-19)12-8-9-12/h1-7,10-12H,8-9H2,(H,22,27)(H,24,25,26). The number of carbonyl (C=O) groups excluding carboxylic acids is 1. The van der Waals surface area contributed by atoms with E-state index in [4.69, 9.17) is 0 Å². The van der Waals surface area contributed by atoms with Crippen molar-refractivity contribution in [3.8, 4) is 11.4 Å². The van der Waals surface area contributed by atoms with Crippen LogP contribution in [0.2, 0.25) is 0 Å². The summed E-state index contributed by atoms with van der Waals surface area (Å²) < 4.78 is 0. The Labute approximate surface area is 154 Å². The summed E-state index contributed by atoms with van der Waals surface area (Å²) >= 11 is 0. The number of fused-ring (bicyclic) bond motifs is 1. The summed E-state index contributed by atoms with van der Waals surface area (Å²) in [6.45, 7) is 0. The van der Waals surface area contributed by atoms with Crippen LogP contribution in [-0.2, 0) is 0 Å². The van der Waals surface area contributed by atoms with Crippen molar-refractivity contribution < 1.29 is 4.79 Å². The summed E-state index contributed by atoms with van der Waals surface area (Å²) in [7, 11) is 0. The smallest absolute Gasteiger partial charge is 0.275 e. The molecular formula is C20H16N6O. The first-order valence-corrected chi connectivity index (χ1v) is 8.82. The molecule has 0 radical (unpaired) electrons. The van der Waals surface area contributed by atoms with Crippen LogP contribution in [0.1, 0.15) is 35.1 Å². The average molecular weight is 356 g/mol. The largest absolute Gasteiger partial charge is 0.321 e. The number of hydrogen-bond acceptors (Lipinski definition) is 5. The van der Waals surface area contributed by atoms with Gasteiger partial charge < -0.3 is 5.32 Å². The fourth-order valence-corrected chi connectivity index (χ4v) is 2.94. The maximum absolute atomic E-state index is 12.6. The predicted molar refractivity (Wildman–Crippen MR) is 101 cm³/mol. The molecule has 5 rings (SSSR count). The molecular weight excluding hydrogens is 340 g/mol. The van der Waals surface area contributed by atoms with E-state index in [0.717, 1.165) is 29.7 Å². The lowest BCUT2D eigenvalue weighted by atomic mass is 10.2. The van der Waals surface area contributed by atoms with Gasteiger partial charge in [0.2, 0.25) is 0 Å². The molecule has 0 spiro atoms. The third-order valence-corrected chi connectivity index (χ3v) is 4.53. The second kappa shape index (κ2) is 6.28. The first-order valence-electron chi connectivity index (χ1n) is 8.82. The average Bonchev–Trinajstić information content (AvgIpc) is 3.44. The van der Waals surface area contributed by atoms with E-state index in [1.807, 2.05) is 48.5 Å². The number of carbonyl (C=O) groups is 1. The van der Waals surface area contributed by atoms with Gasteiger partial charge in [-0.2, -0.15) is 5.10 Å². The van der Waals surface area contributed by atoms with Gasteiger partial charge >= 0.3 is 0 Å². The lowest BCUT2D eigenvalue weighted by molar-refractivity contribution is 0.102. The highest BCUT2D eigenvalue weighted by Gasteiger charge is 2.27. The Morgan fingerprint density at radius 3 is 2.74 bits per heavy atom. The molecule has 1 amide bonds. The Morgan fingerprint density at radius 2 is 1.89 bits per heavy atom. The van der Waals surface area contributed by atoms with Gasteiger partial charge in [0.25, 0.3) is 5.91 Å². The van der Waals surface area contributed by atoms with Crippen molar-refractivity contribution in [2.75, 3.05) is 5.32 Å². The number of nitrogens with zero attached hydrogens (tertiary/aromatic N) is 4. The molecule has 132 valence electrons. The van der Waals surface area contributed by atoms with Crippen molar-refractivity contribution in [1.29, 1.82) is 0 Å². The van der Waals surface area contributed by atoms with Gasteiger partial charge in [0.05, 0.1) is 17.2 Å². The van der Waals surface area contributed by atoms with Gasteiger partial charge in [-0.3, -0.25) is 14.9 Å². The van der Waals surface area contributed by atoms with Crippen LogP contribution in [0.4, 0.5) is 5.69 Å². The van der Waals surface area contributed by atoms with Crippen LogP contribution in [0.25, 0.3) is 22.4 Å². The number of H-pyrrole nitrogens is 1. The van der Waals surface area contributed by atoms with Crippen LogP contribution in [0.3, 0.4) is 0 Å². The fourth-order valence-electron chi connectivity index (χ4n) is 2.94. The molecule has 0 bridgehead atoms. The minimum atomic E-state index is -0.306. The van der Waals surface area contributed by atoms with E-state index >= 15 is 0 Å². The van der Waals surface area contributed by atoms with Crippen LogP contribution < -0.4 is 5.32 Å². The quantitative estimate of drug-likeness (QED) is 0.583. The molecule has 2 aromatic heterocycles. The minimum Gasteiger partial charge on any atom is -0.321 e. The van der Waals surface area contributed by atoms with E-state index in [0.29, 0.717) is 22.9 Å². The normalized spacial score (nSPS) is 13.6. The lowest BCUT2D eigenvalue weighted by Crippen LogP contribution is -2.14. The number of nitrogens with one attached hydrogen (secondary N) is 2. The maximum Gasteiger partial charge on any atom is 0.275 e. The summed E-state index contributed by atoms with van der Waals surface area (Å²) in [5, 5.41) is 10.2. The van der Waals surface area contributed by atoms with E-state index in [2.05, 4.69) is 30.5 Å². The summed E-state index contributed by atoms with van der Waals surface area (Å²) in [5.74, 6) is 1.78. The van der Waals surface area contributed by atoms with Crippen molar-refractivity contribution >= 4 is 22.6 Å². The van der Waals surface area contributed by atoms with Gasteiger partial charge in [0.1, 0.15) is 11.5 Å². The van der Waals surface area contributed by atoms with Crippen LogP contribution in [0.15, 0.2) is 54.7 Å². The van der Waals surface area contributed by atoms with Crippen molar-refractivity contribution in [2.45, 2.75) is 18.8 Å². The van der Waals surface area contributed by atoms with Crippen molar-refractivity contribution in [1.82, 2.24) is 25.1 Å². The Bertz CT molecular complexity index is 1150. The van der Waals surface area contributed by atoms with Gasteiger partial charge in [0, 0.05) is 17.2 Å². The SMILES string of the molecule is O=C(Nc1cccc(-c2n[nH]c(C3CC3)n2)c1)c1cnc2ccccc2n1. The van der Waals surface area contributed by atoms with Crippen molar-refractivity contribution in [3.63, 3.8) is 0 Å². The molecule has 7 heteroatoms. The molecule has 2 heterocycles. The molecule has 4 aromatic rings. The number of hydrogen-bond donors (Lipinski definition) is 2.